The Hall–Kier alpha value is -1.54. The Kier molecular flexibility index (Phi) is 6.16. The fourth-order valence-electron chi connectivity index (χ4n) is 0.803. The predicted molar refractivity (Wildman–Crippen MR) is 50.4 cm³/mol. The summed E-state index contributed by atoms with van der Waals surface area (Å²) in [5, 5.41) is 20.0. The van der Waals surface area contributed by atoms with E-state index in [1.807, 2.05) is 0 Å². The Labute approximate surface area is 83.0 Å². The van der Waals surface area contributed by atoms with E-state index in [-0.39, 0.29) is 11.3 Å². The van der Waals surface area contributed by atoms with Gasteiger partial charge in [0.15, 0.2) is 5.57 Å². The third-order valence-electron chi connectivity index (χ3n) is 1.51. The molecule has 0 unspecified atom stereocenters. The monoisotopic (exact) mass is 198 g/mol. The van der Waals surface area contributed by atoms with Crippen LogP contribution in [0.25, 0.3) is 0 Å². The van der Waals surface area contributed by atoms with Crippen molar-refractivity contribution in [2.75, 3.05) is 20.3 Å². The summed E-state index contributed by atoms with van der Waals surface area (Å²) in [7, 11) is 1.57. The molecular formula is C9H14N2O3. The molecule has 5 heteroatoms. The van der Waals surface area contributed by atoms with E-state index in [2.05, 4.69) is 5.32 Å². The summed E-state index contributed by atoms with van der Waals surface area (Å²) in [6.45, 7) is 2.27. The van der Waals surface area contributed by atoms with Gasteiger partial charge in [-0.2, -0.15) is 5.26 Å². The number of nitrogens with one attached hydrogen (secondary N) is 1. The summed E-state index contributed by atoms with van der Waals surface area (Å²) < 4.78 is 4.78. The number of aliphatic hydroxyl groups excluding tert-OH is 1. The lowest BCUT2D eigenvalue weighted by Crippen LogP contribution is -2.26. The predicted octanol–water partition coefficient (Wildman–Crippen LogP) is 0.495. The standard InChI is InChI=1S/C9H14N2O3/c1-7(12)8(6-10)9(13)11-4-3-5-14-2/h12H,3-5H2,1-2H3,(H,11,13). The number of methoxy groups -OCH3 is 1. The molecule has 0 rings (SSSR count). The average molecular weight is 198 g/mol. The van der Waals surface area contributed by atoms with Gasteiger partial charge in [-0.3, -0.25) is 4.79 Å². The molecule has 0 heterocycles. The maximum Gasteiger partial charge on any atom is 0.265 e. The van der Waals surface area contributed by atoms with Crippen molar-refractivity contribution in [3.05, 3.63) is 11.3 Å². The van der Waals surface area contributed by atoms with Crippen molar-refractivity contribution in [2.45, 2.75) is 13.3 Å². The summed E-state index contributed by atoms with van der Waals surface area (Å²) in [6.07, 6.45) is 0.672. The molecule has 1 amide bonds. The van der Waals surface area contributed by atoms with Crippen molar-refractivity contribution < 1.29 is 14.6 Å². The highest BCUT2D eigenvalue weighted by Gasteiger charge is 2.10. The lowest BCUT2D eigenvalue weighted by molar-refractivity contribution is -0.117. The Bertz CT molecular complexity index is 262. The minimum Gasteiger partial charge on any atom is -0.511 e. The van der Waals surface area contributed by atoms with Gasteiger partial charge in [0.25, 0.3) is 5.91 Å². The van der Waals surface area contributed by atoms with Crippen LogP contribution in [0.3, 0.4) is 0 Å². The van der Waals surface area contributed by atoms with Crippen molar-refractivity contribution in [3.8, 4) is 6.07 Å². The normalized spacial score (nSPS) is 11.5. The first kappa shape index (κ1) is 12.5. The average Bonchev–Trinajstić information content (AvgIpc) is 2.13. The summed E-state index contributed by atoms with van der Waals surface area (Å²) in [4.78, 5) is 11.2. The number of allylic oxidation sites excluding steroid dienone is 1. The molecule has 0 aromatic carbocycles. The Morgan fingerprint density at radius 3 is 2.71 bits per heavy atom. The topological polar surface area (TPSA) is 82.3 Å². The van der Waals surface area contributed by atoms with Gasteiger partial charge in [0.2, 0.25) is 0 Å². The molecule has 2 N–H and O–H groups in total. The number of carbonyl (C=O) groups excluding carboxylic acids is 1. The van der Waals surface area contributed by atoms with Gasteiger partial charge >= 0.3 is 0 Å². The van der Waals surface area contributed by atoms with Gasteiger partial charge in [-0.25, -0.2) is 0 Å². The second kappa shape index (κ2) is 6.92. The zero-order valence-corrected chi connectivity index (χ0v) is 8.33. The van der Waals surface area contributed by atoms with Crippen LogP contribution in [0.5, 0.6) is 0 Å². The zero-order chi connectivity index (χ0) is 11.0. The minimum absolute atomic E-state index is 0.248. The van der Waals surface area contributed by atoms with Crippen molar-refractivity contribution in [3.63, 3.8) is 0 Å². The van der Waals surface area contributed by atoms with Gasteiger partial charge in [-0.05, 0) is 13.3 Å². The van der Waals surface area contributed by atoms with Gasteiger partial charge in [0.05, 0.1) is 0 Å². The van der Waals surface area contributed by atoms with Gasteiger partial charge in [-0.15, -0.1) is 0 Å². The van der Waals surface area contributed by atoms with Crippen LogP contribution < -0.4 is 5.32 Å². The molecular weight excluding hydrogens is 184 g/mol. The van der Waals surface area contributed by atoms with Crippen LogP contribution in [-0.2, 0) is 9.53 Å². The summed E-state index contributed by atoms with van der Waals surface area (Å²) >= 11 is 0. The number of nitriles is 1. The van der Waals surface area contributed by atoms with Gasteiger partial charge in [-0.1, -0.05) is 0 Å². The maximum atomic E-state index is 11.2. The molecule has 0 saturated heterocycles. The van der Waals surface area contributed by atoms with E-state index < -0.39 is 5.91 Å². The van der Waals surface area contributed by atoms with E-state index in [4.69, 9.17) is 15.1 Å². The number of rotatable bonds is 5. The van der Waals surface area contributed by atoms with E-state index in [0.717, 1.165) is 0 Å². The molecule has 0 aliphatic rings. The minimum atomic E-state index is -0.552. The highest BCUT2D eigenvalue weighted by Crippen LogP contribution is 1.98. The molecule has 0 aliphatic carbocycles. The molecule has 0 radical (unpaired) electrons. The van der Waals surface area contributed by atoms with Crippen molar-refractivity contribution >= 4 is 5.91 Å². The molecule has 0 aromatic rings. The summed E-state index contributed by atoms with van der Waals surface area (Å²) in [5.74, 6) is -0.819. The van der Waals surface area contributed by atoms with Crippen molar-refractivity contribution in [1.82, 2.24) is 5.32 Å². The van der Waals surface area contributed by atoms with Crippen LogP contribution in [0.4, 0.5) is 0 Å². The van der Waals surface area contributed by atoms with Crippen molar-refractivity contribution in [1.29, 1.82) is 5.26 Å². The van der Waals surface area contributed by atoms with E-state index in [9.17, 15) is 4.79 Å². The fourth-order valence-corrected chi connectivity index (χ4v) is 0.803. The molecule has 0 aromatic heterocycles. The molecule has 5 nitrogen and oxygen atoms in total. The second-order valence-electron chi connectivity index (χ2n) is 2.67. The number of hydrogen-bond donors (Lipinski definition) is 2. The smallest absolute Gasteiger partial charge is 0.265 e. The van der Waals surface area contributed by atoms with E-state index in [0.29, 0.717) is 19.6 Å². The fraction of sp³-hybridized carbons (Fsp3) is 0.556. The number of ether oxygens (including phenoxy) is 1. The van der Waals surface area contributed by atoms with Crippen LogP contribution >= 0.6 is 0 Å². The van der Waals surface area contributed by atoms with Crippen LogP contribution in [-0.4, -0.2) is 31.3 Å². The quantitative estimate of drug-likeness (QED) is 0.291. The third-order valence-corrected chi connectivity index (χ3v) is 1.51. The van der Waals surface area contributed by atoms with E-state index >= 15 is 0 Å². The Balaban J connectivity index is 3.98. The molecule has 0 atom stereocenters. The van der Waals surface area contributed by atoms with Crippen LogP contribution in [0.15, 0.2) is 11.3 Å². The summed E-state index contributed by atoms with van der Waals surface area (Å²) in [6, 6.07) is 1.63. The first-order valence-electron chi connectivity index (χ1n) is 4.20. The van der Waals surface area contributed by atoms with Crippen LogP contribution in [0, 0.1) is 11.3 Å². The number of carbonyl (C=O) groups is 1. The number of amides is 1. The summed E-state index contributed by atoms with van der Waals surface area (Å²) in [5.41, 5.74) is -0.248. The lowest BCUT2D eigenvalue weighted by atomic mass is 10.2. The molecule has 0 fully saturated rings. The van der Waals surface area contributed by atoms with Crippen LogP contribution in [0.2, 0.25) is 0 Å². The molecule has 0 saturated carbocycles. The zero-order valence-electron chi connectivity index (χ0n) is 8.33. The SMILES string of the molecule is COCCCNC(=O)C(C#N)=C(C)O. The Morgan fingerprint density at radius 1 is 1.64 bits per heavy atom. The number of aliphatic hydroxyl groups is 1. The number of hydrogen-bond acceptors (Lipinski definition) is 4. The highest BCUT2D eigenvalue weighted by atomic mass is 16.5. The van der Waals surface area contributed by atoms with Gasteiger partial charge in [0, 0.05) is 20.3 Å². The number of nitrogens with zero attached hydrogens (tertiary/aromatic N) is 1. The largest absolute Gasteiger partial charge is 0.511 e. The molecule has 0 spiro atoms. The van der Waals surface area contributed by atoms with Crippen LogP contribution in [0.1, 0.15) is 13.3 Å². The third kappa shape index (κ3) is 4.48. The second-order valence-corrected chi connectivity index (χ2v) is 2.67. The lowest BCUT2D eigenvalue weighted by Gasteiger charge is -2.03. The molecule has 0 bridgehead atoms. The van der Waals surface area contributed by atoms with Crippen molar-refractivity contribution in [2.24, 2.45) is 0 Å². The maximum absolute atomic E-state index is 11.2. The Morgan fingerprint density at radius 2 is 2.29 bits per heavy atom. The van der Waals surface area contributed by atoms with Gasteiger partial charge in [0.1, 0.15) is 11.8 Å². The first-order valence-corrected chi connectivity index (χ1v) is 4.20. The molecule has 78 valence electrons. The van der Waals surface area contributed by atoms with E-state index in [1.165, 1.54) is 6.92 Å². The highest BCUT2D eigenvalue weighted by molar-refractivity contribution is 5.97. The molecule has 14 heavy (non-hydrogen) atoms. The molecule has 0 aliphatic heterocycles. The van der Waals surface area contributed by atoms with E-state index in [1.54, 1.807) is 13.2 Å². The first-order chi connectivity index (χ1) is 6.63. The van der Waals surface area contributed by atoms with Gasteiger partial charge < -0.3 is 15.2 Å².